The molecular formula is C19H17F7N4O5S. The molecule has 3 rings (SSSR count). The second-order valence-corrected chi connectivity index (χ2v) is 8.96. The smallest absolute Gasteiger partial charge is 0.419 e. The van der Waals surface area contributed by atoms with Gasteiger partial charge in [-0.3, -0.25) is 4.79 Å². The Morgan fingerprint density at radius 3 is 2.61 bits per heavy atom. The maximum atomic E-state index is 14.4. The SMILES string of the molecule is [2H]C([2H])([2H])O[C@@]1(C(F)(F)F)C[C@H](C(=O)Nc2ccnc(S(N)(=O)=O)c2)N(c2ccc(F)c(F)c2OC(F)F)C1. The van der Waals surface area contributed by atoms with Crippen molar-refractivity contribution in [3.63, 3.8) is 0 Å². The van der Waals surface area contributed by atoms with Crippen molar-refractivity contribution in [2.45, 2.75) is 35.9 Å². The zero-order valence-corrected chi connectivity index (χ0v) is 18.3. The number of aromatic nitrogens is 1. The molecule has 2 heterocycles. The summed E-state index contributed by atoms with van der Waals surface area (Å²) in [6, 6.07) is 0.530. The molecule has 0 bridgehead atoms. The normalized spacial score (nSPS) is 22.2. The molecule has 1 saturated heterocycles. The van der Waals surface area contributed by atoms with Crippen LogP contribution in [0.4, 0.5) is 42.1 Å². The molecular weight excluding hydrogens is 529 g/mol. The molecule has 198 valence electrons. The van der Waals surface area contributed by atoms with Gasteiger partial charge in [0.25, 0.3) is 10.0 Å². The monoisotopic (exact) mass is 549 g/mol. The van der Waals surface area contributed by atoms with Crippen molar-refractivity contribution in [1.82, 2.24) is 4.98 Å². The summed E-state index contributed by atoms with van der Waals surface area (Å²) in [6.45, 7) is -5.34. The van der Waals surface area contributed by atoms with E-state index >= 15 is 0 Å². The minimum atomic E-state index is -5.49. The summed E-state index contributed by atoms with van der Waals surface area (Å²) in [5.74, 6) is -6.69. The number of nitrogens with zero attached hydrogens (tertiary/aromatic N) is 2. The number of sulfonamides is 1. The number of nitrogens with one attached hydrogen (secondary N) is 1. The highest BCUT2D eigenvalue weighted by Crippen LogP contribution is 2.47. The van der Waals surface area contributed by atoms with Gasteiger partial charge in [0, 0.05) is 31.4 Å². The summed E-state index contributed by atoms with van der Waals surface area (Å²) in [5.41, 5.74) is -4.96. The highest BCUT2D eigenvalue weighted by molar-refractivity contribution is 7.89. The first kappa shape index (κ1) is 23.2. The number of primary sulfonamides is 1. The van der Waals surface area contributed by atoms with Gasteiger partial charge < -0.3 is 19.7 Å². The van der Waals surface area contributed by atoms with Crippen LogP contribution in [0.25, 0.3) is 0 Å². The van der Waals surface area contributed by atoms with E-state index in [0.29, 0.717) is 17.0 Å². The number of methoxy groups -OCH3 is 1. The molecule has 1 fully saturated rings. The maximum absolute atomic E-state index is 14.4. The summed E-state index contributed by atoms with van der Waals surface area (Å²) in [7, 11) is -8.07. The Bertz CT molecular complexity index is 1360. The van der Waals surface area contributed by atoms with Gasteiger partial charge >= 0.3 is 12.8 Å². The number of pyridine rings is 1. The number of amides is 1. The van der Waals surface area contributed by atoms with Crippen LogP contribution in [0.2, 0.25) is 0 Å². The van der Waals surface area contributed by atoms with E-state index in [1.165, 1.54) is 0 Å². The van der Waals surface area contributed by atoms with Gasteiger partial charge in [-0.25, -0.2) is 22.9 Å². The highest BCUT2D eigenvalue weighted by atomic mass is 32.2. The van der Waals surface area contributed by atoms with Crippen molar-refractivity contribution in [3.8, 4) is 5.75 Å². The molecule has 2 aromatic rings. The first-order valence-electron chi connectivity index (χ1n) is 11.0. The molecule has 0 unspecified atom stereocenters. The largest absolute Gasteiger partial charge is 0.429 e. The molecule has 3 N–H and O–H groups in total. The van der Waals surface area contributed by atoms with E-state index in [1.807, 2.05) is 0 Å². The number of halogens is 7. The maximum Gasteiger partial charge on any atom is 0.419 e. The fourth-order valence-electron chi connectivity index (χ4n) is 3.51. The predicted octanol–water partition coefficient (Wildman–Crippen LogP) is 2.77. The van der Waals surface area contributed by atoms with Gasteiger partial charge in [-0.15, -0.1) is 0 Å². The Labute approximate surface area is 203 Å². The van der Waals surface area contributed by atoms with E-state index in [4.69, 9.17) is 9.25 Å². The van der Waals surface area contributed by atoms with Crippen LogP contribution < -0.4 is 20.1 Å². The van der Waals surface area contributed by atoms with Crippen LogP contribution in [-0.2, 0) is 19.6 Å². The van der Waals surface area contributed by atoms with E-state index < -0.39 is 88.5 Å². The summed E-state index contributed by atoms with van der Waals surface area (Å²) in [5, 5.41) is 6.28. The summed E-state index contributed by atoms with van der Waals surface area (Å²) in [4.78, 5) is 17.0. The van der Waals surface area contributed by atoms with Crippen molar-refractivity contribution < 1.29 is 57.5 Å². The molecule has 0 saturated carbocycles. The van der Waals surface area contributed by atoms with Crippen molar-refractivity contribution in [2.24, 2.45) is 5.14 Å². The Kier molecular flexibility index (Phi) is 6.26. The number of anilines is 2. The van der Waals surface area contributed by atoms with Crippen LogP contribution in [0.3, 0.4) is 0 Å². The Morgan fingerprint density at radius 2 is 2.03 bits per heavy atom. The second kappa shape index (κ2) is 9.70. The number of hydrogen-bond donors (Lipinski definition) is 2. The van der Waals surface area contributed by atoms with Gasteiger partial charge in [-0.05, 0) is 18.2 Å². The molecule has 9 nitrogen and oxygen atoms in total. The lowest BCUT2D eigenvalue weighted by Gasteiger charge is -2.31. The summed E-state index contributed by atoms with van der Waals surface area (Å²) in [6.07, 6.45) is -6.08. The zero-order chi connectivity index (χ0) is 29.6. The molecule has 0 radical (unpaired) electrons. The third-order valence-electron chi connectivity index (χ3n) is 5.18. The van der Waals surface area contributed by atoms with Crippen LogP contribution in [-0.4, -0.2) is 57.3 Å². The first-order valence-corrected chi connectivity index (χ1v) is 11.0. The molecule has 1 aromatic heterocycles. The third-order valence-corrected chi connectivity index (χ3v) is 5.99. The second-order valence-electron chi connectivity index (χ2n) is 7.45. The highest BCUT2D eigenvalue weighted by Gasteiger charge is 2.63. The lowest BCUT2D eigenvalue weighted by molar-refractivity contribution is -0.261. The lowest BCUT2D eigenvalue weighted by atomic mass is 9.99. The number of benzene rings is 1. The quantitative estimate of drug-likeness (QED) is 0.509. The fraction of sp³-hybridized carbons (Fsp3) is 0.368. The number of carbonyl (C=O) groups is 1. The molecule has 2 atom stereocenters. The summed E-state index contributed by atoms with van der Waals surface area (Å²) >= 11 is 0. The number of ether oxygens (including phenoxy) is 2. The van der Waals surface area contributed by atoms with Gasteiger partial charge in [-0.2, -0.15) is 26.3 Å². The van der Waals surface area contributed by atoms with Gasteiger partial charge in [0.05, 0.1) is 16.3 Å². The molecule has 1 aliphatic rings. The fourth-order valence-corrected chi connectivity index (χ4v) is 4.01. The van der Waals surface area contributed by atoms with Gasteiger partial charge in [0.2, 0.25) is 11.7 Å². The van der Waals surface area contributed by atoms with E-state index in [-0.39, 0.29) is 5.69 Å². The van der Waals surface area contributed by atoms with Crippen molar-refractivity contribution in [3.05, 3.63) is 42.1 Å². The Balaban J connectivity index is 2.15. The van der Waals surface area contributed by atoms with Crippen LogP contribution in [0.5, 0.6) is 5.75 Å². The first-order chi connectivity index (χ1) is 17.7. The van der Waals surface area contributed by atoms with E-state index in [2.05, 4.69) is 19.8 Å². The number of carbonyl (C=O) groups excluding carboxylic acids is 1. The molecule has 0 aliphatic carbocycles. The third kappa shape index (κ3) is 5.31. The molecule has 36 heavy (non-hydrogen) atoms. The van der Waals surface area contributed by atoms with Crippen molar-refractivity contribution >= 4 is 27.3 Å². The van der Waals surface area contributed by atoms with Crippen molar-refractivity contribution in [1.29, 1.82) is 0 Å². The zero-order valence-electron chi connectivity index (χ0n) is 20.5. The molecule has 0 spiro atoms. The van der Waals surface area contributed by atoms with Crippen LogP contribution >= 0.6 is 0 Å². The number of hydrogen-bond acceptors (Lipinski definition) is 7. The average Bonchev–Trinajstić information content (AvgIpc) is 3.15. The topological polar surface area (TPSA) is 124 Å². The minimum absolute atomic E-state index is 0.352. The van der Waals surface area contributed by atoms with E-state index in [0.717, 1.165) is 18.3 Å². The van der Waals surface area contributed by atoms with Gasteiger partial charge in [0.1, 0.15) is 6.04 Å². The number of alkyl halides is 5. The van der Waals surface area contributed by atoms with Crippen LogP contribution in [0.1, 0.15) is 10.5 Å². The lowest BCUT2D eigenvalue weighted by Crippen LogP contribution is -2.49. The van der Waals surface area contributed by atoms with E-state index in [1.54, 1.807) is 0 Å². The van der Waals surface area contributed by atoms with Crippen molar-refractivity contribution in [2.75, 3.05) is 23.8 Å². The number of rotatable bonds is 7. The number of nitrogens with two attached hydrogens (primary N) is 1. The standard InChI is InChI=1S/C19H17F7N4O5S/c1-34-18(19(24,25)26)7-12(16(31)29-9-4-5-28-13(6-9)36(27,32)33)30(8-18)11-3-2-10(20)14(21)15(11)35-17(22)23/h2-6,12,17H,7-8H2,1H3,(H2,27,32,33)(H,28,29,31)/t12-,18+/m1/s1/i1D3. The Hall–Kier alpha value is -3.18. The van der Waals surface area contributed by atoms with E-state index in [9.17, 15) is 43.9 Å². The minimum Gasteiger partial charge on any atom is -0.429 e. The van der Waals surface area contributed by atoms with Crippen LogP contribution in [0, 0.1) is 11.6 Å². The molecule has 1 aliphatic heterocycles. The summed E-state index contributed by atoms with van der Waals surface area (Å²) < 4.78 is 150. The van der Waals surface area contributed by atoms with Gasteiger partial charge in [0.15, 0.2) is 22.2 Å². The molecule has 1 amide bonds. The Morgan fingerprint density at radius 1 is 1.33 bits per heavy atom. The predicted molar refractivity (Wildman–Crippen MR) is 109 cm³/mol. The van der Waals surface area contributed by atoms with Crippen LogP contribution in [0.15, 0.2) is 35.5 Å². The molecule has 17 heteroatoms. The van der Waals surface area contributed by atoms with Gasteiger partial charge in [-0.1, -0.05) is 0 Å². The average molecular weight is 549 g/mol. The molecule has 1 aromatic carbocycles.